The molecule has 0 radical (unpaired) electrons. The molecule has 0 unspecified atom stereocenters. The summed E-state index contributed by atoms with van der Waals surface area (Å²) in [6.07, 6.45) is 1.52. The van der Waals surface area contributed by atoms with E-state index in [9.17, 15) is 4.79 Å². The molecule has 50 valence electrons. The first-order chi connectivity index (χ1) is 4.33. The van der Waals surface area contributed by atoms with Crippen molar-refractivity contribution >= 4 is 0 Å². The van der Waals surface area contributed by atoms with Crippen LogP contribution in [0.3, 0.4) is 0 Å². The molecule has 0 bridgehead atoms. The molecule has 1 rings (SSSR count). The zero-order valence-corrected chi connectivity index (χ0v) is 4.66. The van der Waals surface area contributed by atoms with Crippen molar-refractivity contribution in [3.8, 4) is 0 Å². The van der Waals surface area contributed by atoms with Crippen LogP contribution in [0.15, 0.2) is 19.9 Å². The van der Waals surface area contributed by atoms with Gasteiger partial charge in [-0.25, -0.2) is 4.79 Å². The molecular weight excluding hydrogens is 124 g/mol. The molecule has 0 amide bonds. The van der Waals surface area contributed by atoms with Crippen molar-refractivity contribution < 1.29 is 13.9 Å². The molecule has 1 aromatic rings. The van der Waals surface area contributed by atoms with E-state index in [1.807, 2.05) is 0 Å². The van der Waals surface area contributed by atoms with Crippen molar-refractivity contribution in [2.24, 2.45) is 0 Å². The van der Waals surface area contributed by atoms with E-state index in [0.29, 0.717) is 12.2 Å². The van der Waals surface area contributed by atoms with Crippen molar-refractivity contribution in [1.29, 1.82) is 0 Å². The van der Waals surface area contributed by atoms with Crippen LogP contribution in [0.2, 0.25) is 0 Å². The van der Waals surface area contributed by atoms with Gasteiger partial charge in [0, 0.05) is 6.42 Å². The van der Waals surface area contributed by atoms with E-state index in [4.69, 9.17) is 5.11 Å². The van der Waals surface area contributed by atoms with Crippen molar-refractivity contribution in [3.05, 3.63) is 22.6 Å². The number of rotatable bonds is 2. The molecule has 1 heterocycles. The van der Waals surface area contributed by atoms with Gasteiger partial charge in [0.2, 0.25) is 0 Å². The van der Waals surface area contributed by atoms with Gasteiger partial charge in [-0.2, -0.15) is 0 Å². The first-order valence-corrected chi connectivity index (χ1v) is 2.51. The Morgan fingerprint density at radius 2 is 2.44 bits per heavy atom. The topological polar surface area (TPSA) is 63.6 Å². The highest BCUT2D eigenvalue weighted by molar-refractivity contribution is 4.84. The molecule has 0 aliphatic heterocycles. The Labute approximate surface area is 50.7 Å². The van der Waals surface area contributed by atoms with Crippen molar-refractivity contribution in [2.75, 3.05) is 6.61 Å². The quantitative estimate of drug-likeness (QED) is 0.600. The van der Waals surface area contributed by atoms with E-state index in [-0.39, 0.29) is 6.61 Å². The monoisotopic (exact) mass is 130 g/mol. The van der Waals surface area contributed by atoms with Gasteiger partial charge in [-0.3, -0.25) is 0 Å². The van der Waals surface area contributed by atoms with Crippen LogP contribution in [0.5, 0.6) is 0 Å². The Morgan fingerprint density at radius 1 is 1.67 bits per heavy atom. The lowest BCUT2D eigenvalue weighted by molar-refractivity contribution is 0.284. The van der Waals surface area contributed by atoms with Gasteiger partial charge in [0.15, 0.2) is 0 Å². The lowest BCUT2D eigenvalue weighted by Gasteiger charge is -1.82. The fourth-order valence-corrected chi connectivity index (χ4v) is 0.489. The summed E-state index contributed by atoms with van der Waals surface area (Å²) in [7, 11) is 0. The molecule has 1 aromatic heterocycles. The average molecular weight is 130 g/mol. The Kier molecular flexibility index (Phi) is 1.69. The minimum atomic E-state index is -0.724. The molecule has 0 aliphatic rings. The summed E-state index contributed by atoms with van der Waals surface area (Å²) >= 11 is 0. The summed E-state index contributed by atoms with van der Waals surface area (Å²) < 4.78 is 8.73. The van der Waals surface area contributed by atoms with Crippen molar-refractivity contribution in [2.45, 2.75) is 6.42 Å². The molecule has 0 aliphatic carbocycles. The van der Waals surface area contributed by atoms with Crippen LogP contribution >= 0.6 is 0 Å². The zero-order chi connectivity index (χ0) is 6.69. The lowest BCUT2D eigenvalue weighted by Crippen LogP contribution is -1.90. The predicted molar refractivity (Wildman–Crippen MR) is 28.0 cm³/mol. The van der Waals surface area contributed by atoms with Crippen LogP contribution < -0.4 is 5.82 Å². The maximum absolute atomic E-state index is 10.2. The van der Waals surface area contributed by atoms with Gasteiger partial charge in [0.25, 0.3) is 0 Å². The molecule has 1 N–H and O–H groups in total. The summed E-state index contributed by atoms with van der Waals surface area (Å²) in [6.45, 7) is -0.0392. The molecule has 4 nitrogen and oxygen atoms in total. The largest absolute Gasteiger partial charge is 0.518 e. The number of hydrogen-bond acceptors (Lipinski definition) is 4. The predicted octanol–water partition coefficient (Wildman–Crippen LogP) is -0.232. The Morgan fingerprint density at radius 3 is 2.89 bits per heavy atom. The fraction of sp³-hybridized carbons (Fsp3) is 0.400. The maximum Gasteiger partial charge on any atom is 0.518 e. The normalized spacial score (nSPS) is 9.89. The second-order valence-corrected chi connectivity index (χ2v) is 1.53. The van der Waals surface area contributed by atoms with E-state index >= 15 is 0 Å². The van der Waals surface area contributed by atoms with Crippen LogP contribution in [0.25, 0.3) is 0 Å². The highest BCUT2D eigenvalue weighted by atomic mass is 16.6. The Bertz CT molecular complexity index is 221. The minimum absolute atomic E-state index is 0.0392. The van der Waals surface area contributed by atoms with E-state index < -0.39 is 5.82 Å². The highest BCUT2D eigenvalue weighted by Crippen LogP contribution is 1.93. The summed E-state index contributed by atoms with van der Waals surface area (Å²) in [5.74, 6) is -0.346. The number of hydrogen-bond donors (Lipinski definition) is 1. The molecule has 0 saturated heterocycles. The van der Waals surface area contributed by atoms with Crippen molar-refractivity contribution in [1.82, 2.24) is 0 Å². The number of aliphatic hydroxyl groups excluding tert-OH is 1. The molecule has 9 heavy (non-hydrogen) atoms. The molecule has 4 heteroatoms. The highest BCUT2D eigenvalue weighted by Gasteiger charge is 1.97. The second kappa shape index (κ2) is 2.50. The summed E-state index contributed by atoms with van der Waals surface area (Å²) in [4.78, 5) is 10.2. The Hall–Kier alpha value is -1.03. The zero-order valence-electron chi connectivity index (χ0n) is 4.66. The number of aliphatic hydroxyl groups is 1. The lowest BCUT2D eigenvalue weighted by atomic mass is 10.4. The summed E-state index contributed by atoms with van der Waals surface area (Å²) in [6, 6.07) is 0. The van der Waals surface area contributed by atoms with Crippen LogP contribution in [0, 0.1) is 0 Å². The fourth-order valence-electron chi connectivity index (χ4n) is 0.489. The van der Waals surface area contributed by atoms with E-state index in [1.165, 1.54) is 6.26 Å². The smallest absolute Gasteiger partial charge is 0.399 e. The third-order valence-electron chi connectivity index (χ3n) is 0.859. The SMILES string of the molecule is O=c1occ(CCO)o1. The molecule has 0 spiro atoms. The van der Waals surface area contributed by atoms with Crippen molar-refractivity contribution in [3.63, 3.8) is 0 Å². The Balaban J connectivity index is 2.73. The summed E-state index contributed by atoms with van der Waals surface area (Å²) in [5.41, 5.74) is 0. The molecule has 0 atom stereocenters. The van der Waals surface area contributed by atoms with E-state index in [2.05, 4.69) is 8.83 Å². The molecule has 0 aromatic carbocycles. The minimum Gasteiger partial charge on any atom is -0.399 e. The third kappa shape index (κ3) is 1.43. The molecule has 0 fully saturated rings. The van der Waals surface area contributed by atoms with Gasteiger partial charge in [-0.05, 0) is 0 Å². The van der Waals surface area contributed by atoms with Gasteiger partial charge < -0.3 is 13.9 Å². The van der Waals surface area contributed by atoms with Gasteiger partial charge in [-0.1, -0.05) is 0 Å². The average Bonchev–Trinajstić information content (AvgIpc) is 2.17. The standard InChI is InChI=1S/C5H6O4/c6-2-1-4-3-8-5(7)9-4/h3,6H,1-2H2. The van der Waals surface area contributed by atoms with Crippen LogP contribution in [-0.4, -0.2) is 11.7 Å². The molecule has 0 saturated carbocycles. The maximum atomic E-state index is 10.2. The third-order valence-corrected chi connectivity index (χ3v) is 0.859. The van der Waals surface area contributed by atoms with E-state index in [1.54, 1.807) is 0 Å². The first kappa shape index (κ1) is 6.10. The van der Waals surface area contributed by atoms with Crippen LogP contribution in [0.1, 0.15) is 5.76 Å². The second-order valence-electron chi connectivity index (χ2n) is 1.53. The van der Waals surface area contributed by atoms with Gasteiger partial charge in [0.05, 0.1) is 6.61 Å². The summed E-state index contributed by atoms with van der Waals surface area (Å²) in [5, 5.41) is 8.33. The van der Waals surface area contributed by atoms with Crippen LogP contribution in [-0.2, 0) is 6.42 Å². The van der Waals surface area contributed by atoms with Crippen LogP contribution in [0.4, 0.5) is 0 Å². The van der Waals surface area contributed by atoms with Gasteiger partial charge in [0.1, 0.15) is 12.0 Å². The first-order valence-electron chi connectivity index (χ1n) is 2.51. The van der Waals surface area contributed by atoms with Gasteiger partial charge >= 0.3 is 5.82 Å². The van der Waals surface area contributed by atoms with E-state index in [0.717, 1.165) is 0 Å². The molecular formula is C5H6O4. The van der Waals surface area contributed by atoms with Gasteiger partial charge in [-0.15, -0.1) is 0 Å².